The van der Waals surface area contributed by atoms with Gasteiger partial charge in [0.05, 0.1) is 17.4 Å². The minimum absolute atomic E-state index is 0.0199. The van der Waals surface area contributed by atoms with E-state index in [2.05, 4.69) is 15.3 Å². The van der Waals surface area contributed by atoms with Crippen LogP contribution in [0.15, 0.2) is 35.5 Å². The van der Waals surface area contributed by atoms with Crippen LogP contribution in [0.5, 0.6) is 0 Å². The number of halogens is 3. The molecule has 2 heterocycles. The zero-order valence-corrected chi connectivity index (χ0v) is 14.8. The standard InChI is InChI=1S/C16H18F3N5S/c1-4-25-12-7-11(24(2)3)9-22-14(12)15(20)23-13-6-5-10(8-21-13)16(17,18)19/h5-9H,4H2,1-3H3,(H2,20,21,23). The van der Waals surface area contributed by atoms with E-state index in [1.54, 1.807) is 6.20 Å². The highest BCUT2D eigenvalue weighted by atomic mass is 32.2. The lowest BCUT2D eigenvalue weighted by molar-refractivity contribution is -0.137. The molecule has 0 aliphatic rings. The summed E-state index contributed by atoms with van der Waals surface area (Å²) in [6.45, 7) is 1.99. The van der Waals surface area contributed by atoms with E-state index in [4.69, 9.17) is 5.41 Å². The Morgan fingerprint density at radius 2 is 1.96 bits per heavy atom. The lowest BCUT2D eigenvalue weighted by Crippen LogP contribution is -2.17. The molecular formula is C16H18F3N5S. The maximum absolute atomic E-state index is 12.6. The Hall–Kier alpha value is -2.29. The maximum Gasteiger partial charge on any atom is 0.417 e. The van der Waals surface area contributed by atoms with Crippen LogP contribution in [0.2, 0.25) is 0 Å². The zero-order valence-electron chi connectivity index (χ0n) is 14.0. The van der Waals surface area contributed by atoms with E-state index >= 15 is 0 Å². The lowest BCUT2D eigenvalue weighted by Gasteiger charge is -2.16. The first-order chi connectivity index (χ1) is 11.7. The van der Waals surface area contributed by atoms with E-state index < -0.39 is 11.7 Å². The average molecular weight is 369 g/mol. The quantitative estimate of drug-likeness (QED) is 0.472. The number of nitrogens with zero attached hydrogens (tertiary/aromatic N) is 3. The molecule has 2 N–H and O–H groups in total. The minimum Gasteiger partial charge on any atom is -0.376 e. The molecule has 0 unspecified atom stereocenters. The van der Waals surface area contributed by atoms with Crippen LogP contribution in [0.3, 0.4) is 0 Å². The molecule has 5 nitrogen and oxygen atoms in total. The third-order valence-electron chi connectivity index (χ3n) is 3.24. The second-order valence-corrected chi connectivity index (χ2v) is 6.60. The van der Waals surface area contributed by atoms with Crippen LogP contribution in [0.4, 0.5) is 24.7 Å². The van der Waals surface area contributed by atoms with Gasteiger partial charge in [-0.15, -0.1) is 11.8 Å². The third kappa shape index (κ3) is 4.85. The normalized spacial score (nSPS) is 11.3. The van der Waals surface area contributed by atoms with Gasteiger partial charge in [-0.3, -0.25) is 5.41 Å². The summed E-state index contributed by atoms with van der Waals surface area (Å²) in [6, 6.07) is 4.04. The van der Waals surface area contributed by atoms with Crippen molar-refractivity contribution in [1.29, 1.82) is 5.41 Å². The van der Waals surface area contributed by atoms with E-state index in [1.165, 1.54) is 17.8 Å². The van der Waals surface area contributed by atoms with Crippen LogP contribution in [0, 0.1) is 5.41 Å². The second-order valence-electron chi connectivity index (χ2n) is 5.30. The number of alkyl halides is 3. The number of nitrogens with one attached hydrogen (secondary N) is 2. The van der Waals surface area contributed by atoms with Crippen molar-refractivity contribution in [3.8, 4) is 0 Å². The molecule has 0 fully saturated rings. The molecule has 0 saturated heterocycles. The van der Waals surface area contributed by atoms with E-state index in [0.717, 1.165) is 28.6 Å². The van der Waals surface area contributed by atoms with Crippen LogP contribution < -0.4 is 10.2 Å². The number of hydrogen-bond acceptors (Lipinski definition) is 5. The topological polar surface area (TPSA) is 64.9 Å². The highest BCUT2D eigenvalue weighted by Gasteiger charge is 2.30. The molecule has 0 amide bonds. The van der Waals surface area contributed by atoms with Crippen LogP contribution in [0.25, 0.3) is 0 Å². The Labute approximate surface area is 148 Å². The highest BCUT2D eigenvalue weighted by molar-refractivity contribution is 7.99. The molecule has 2 rings (SSSR count). The summed E-state index contributed by atoms with van der Waals surface area (Å²) in [5, 5.41) is 10.9. The van der Waals surface area contributed by atoms with Crippen molar-refractivity contribution in [2.75, 3.05) is 30.1 Å². The molecule has 0 spiro atoms. The van der Waals surface area contributed by atoms with Crippen LogP contribution in [-0.4, -0.2) is 35.7 Å². The minimum atomic E-state index is -4.44. The molecule has 2 aromatic rings. The number of hydrogen-bond donors (Lipinski definition) is 2. The van der Waals surface area contributed by atoms with Crippen molar-refractivity contribution in [3.05, 3.63) is 41.9 Å². The molecule has 0 bridgehead atoms. The molecule has 2 aromatic heterocycles. The van der Waals surface area contributed by atoms with Gasteiger partial charge in [0, 0.05) is 25.2 Å². The fourth-order valence-electron chi connectivity index (χ4n) is 1.95. The predicted molar refractivity (Wildman–Crippen MR) is 94.7 cm³/mol. The van der Waals surface area contributed by atoms with Gasteiger partial charge in [0.25, 0.3) is 0 Å². The first kappa shape index (κ1) is 19.0. The van der Waals surface area contributed by atoms with Crippen molar-refractivity contribution < 1.29 is 13.2 Å². The number of pyridine rings is 2. The number of anilines is 2. The molecule has 0 radical (unpaired) electrons. The van der Waals surface area contributed by atoms with Crippen LogP contribution in [0.1, 0.15) is 18.2 Å². The van der Waals surface area contributed by atoms with E-state index in [9.17, 15) is 13.2 Å². The number of aromatic nitrogens is 2. The maximum atomic E-state index is 12.6. The molecule has 0 atom stereocenters. The van der Waals surface area contributed by atoms with Gasteiger partial charge in [-0.1, -0.05) is 6.92 Å². The summed E-state index contributed by atoms with van der Waals surface area (Å²) in [7, 11) is 3.79. The summed E-state index contributed by atoms with van der Waals surface area (Å²) >= 11 is 1.54. The van der Waals surface area contributed by atoms with Crippen molar-refractivity contribution in [2.45, 2.75) is 18.0 Å². The van der Waals surface area contributed by atoms with Gasteiger partial charge < -0.3 is 10.2 Å². The SMILES string of the molecule is CCSc1cc(N(C)C)cnc1C(=N)Nc1ccc(C(F)(F)F)cn1. The fraction of sp³-hybridized carbons (Fsp3) is 0.312. The van der Waals surface area contributed by atoms with Gasteiger partial charge in [-0.05, 0) is 24.0 Å². The fourth-order valence-corrected chi connectivity index (χ4v) is 2.76. The van der Waals surface area contributed by atoms with Crippen molar-refractivity contribution in [2.24, 2.45) is 0 Å². The Bertz CT molecular complexity index is 744. The van der Waals surface area contributed by atoms with Crippen molar-refractivity contribution in [1.82, 2.24) is 9.97 Å². The first-order valence-corrected chi connectivity index (χ1v) is 8.40. The summed E-state index contributed by atoms with van der Waals surface area (Å²) < 4.78 is 37.7. The van der Waals surface area contributed by atoms with Crippen molar-refractivity contribution >= 4 is 29.1 Å². The predicted octanol–water partition coefficient (Wildman–Crippen LogP) is 4.11. The second kappa shape index (κ2) is 7.73. The van der Waals surface area contributed by atoms with Gasteiger partial charge in [-0.25, -0.2) is 9.97 Å². The molecule has 0 saturated carbocycles. The van der Waals surface area contributed by atoms with Gasteiger partial charge in [-0.2, -0.15) is 13.2 Å². The van der Waals surface area contributed by atoms with E-state index in [0.29, 0.717) is 5.69 Å². The zero-order chi connectivity index (χ0) is 18.6. The lowest BCUT2D eigenvalue weighted by atomic mass is 10.2. The Morgan fingerprint density at radius 1 is 1.24 bits per heavy atom. The monoisotopic (exact) mass is 369 g/mol. The van der Waals surface area contributed by atoms with E-state index in [1.807, 2.05) is 32.0 Å². The molecule has 0 aromatic carbocycles. The third-order valence-corrected chi connectivity index (χ3v) is 4.15. The summed E-state index contributed by atoms with van der Waals surface area (Å²) in [5.74, 6) is 0.939. The molecule has 0 aliphatic heterocycles. The molecule has 25 heavy (non-hydrogen) atoms. The van der Waals surface area contributed by atoms with Crippen LogP contribution in [-0.2, 0) is 6.18 Å². The van der Waals surface area contributed by atoms with Gasteiger partial charge in [0.15, 0.2) is 5.84 Å². The number of amidine groups is 1. The number of rotatable bonds is 5. The first-order valence-electron chi connectivity index (χ1n) is 7.41. The smallest absolute Gasteiger partial charge is 0.376 e. The molecule has 134 valence electrons. The van der Waals surface area contributed by atoms with Gasteiger partial charge in [0.1, 0.15) is 11.5 Å². The Morgan fingerprint density at radius 3 is 2.48 bits per heavy atom. The molecule has 0 aliphatic carbocycles. The molecular weight excluding hydrogens is 351 g/mol. The van der Waals surface area contributed by atoms with Crippen LogP contribution >= 0.6 is 11.8 Å². The number of thioether (sulfide) groups is 1. The van der Waals surface area contributed by atoms with Gasteiger partial charge in [0.2, 0.25) is 0 Å². The summed E-state index contributed by atoms with van der Waals surface area (Å²) in [5.41, 5.74) is 0.500. The summed E-state index contributed by atoms with van der Waals surface area (Å²) in [4.78, 5) is 10.8. The Balaban J connectivity index is 2.22. The largest absolute Gasteiger partial charge is 0.417 e. The average Bonchev–Trinajstić information content (AvgIpc) is 2.54. The van der Waals surface area contributed by atoms with E-state index in [-0.39, 0.29) is 11.7 Å². The van der Waals surface area contributed by atoms with Crippen molar-refractivity contribution in [3.63, 3.8) is 0 Å². The Kier molecular flexibility index (Phi) is 5.89. The highest BCUT2D eigenvalue weighted by Crippen LogP contribution is 2.29. The van der Waals surface area contributed by atoms with Gasteiger partial charge >= 0.3 is 6.18 Å². The molecule has 9 heteroatoms. The summed E-state index contributed by atoms with van der Waals surface area (Å²) in [6.07, 6.45) is -2.06.